The summed E-state index contributed by atoms with van der Waals surface area (Å²) in [5.41, 5.74) is 0. The number of rotatable bonds is 3. The van der Waals surface area contributed by atoms with Gasteiger partial charge in [0.15, 0.2) is 0 Å². The Hall–Kier alpha value is -1.57. The zero-order valence-electron chi connectivity index (χ0n) is 7.04. The van der Waals surface area contributed by atoms with Gasteiger partial charge in [-0.2, -0.15) is 0 Å². The Bertz CT molecular complexity index is 333. The van der Waals surface area contributed by atoms with Crippen LogP contribution in [0, 0.1) is 10.1 Å². The molecule has 0 unspecified atom stereocenters. The number of nitro groups is 1. The average Bonchev–Trinajstić information content (AvgIpc) is 2.48. The third-order valence-electron chi connectivity index (χ3n) is 0.959. The van der Waals surface area contributed by atoms with Crippen molar-refractivity contribution >= 4 is 27.9 Å². The van der Waals surface area contributed by atoms with E-state index in [4.69, 9.17) is 0 Å². The smallest absolute Gasteiger partial charge is 0.369 e. The fourth-order valence-corrected chi connectivity index (χ4v) is 1.000. The van der Waals surface area contributed by atoms with Crippen LogP contribution in [0.1, 0.15) is 0 Å². The fourth-order valence-electron chi connectivity index (χ4n) is 0.499. The molecule has 13 heavy (non-hydrogen) atoms. The van der Waals surface area contributed by atoms with E-state index >= 15 is 0 Å². The Morgan fingerprint density at radius 2 is 2.31 bits per heavy atom. The maximum Gasteiger partial charge on any atom is 0.452 e. The number of aromatic nitrogens is 2. The lowest BCUT2D eigenvalue weighted by Gasteiger charge is -1.99. The largest absolute Gasteiger partial charge is 0.452 e. The Labute approximate surface area is 77.9 Å². The number of hydrogen-bond donors (Lipinski definition) is 0. The van der Waals surface area contributed by atoms with Gasteiger partial charge in [0.2, 0.25) is 0 Å². The minimum Gasteiger partial charge on any atom is -0.369 e. The molecule has 0 N–H and O–H groups in total. The van der Waals surface area contributed by atoms with Crippen molar-refractivity contribution in [2.24, 2.45) is 4.99 Å². The molecule has 0 radical (unpaired) electrons. The molecule has 0 bridgehead atoms. The van der Waals surface area contributed by atoms with Gasteiger partial charge in [-0.3, -0.25) is 0 Å². The second-order valence-corrected chi connectivity index (χ2v) is 3.27. The summed E-state index contributed by atoms with van der Waals surface area (Å²) in [5.74, 6) is 0. The summed E-state index contributed by atoms with van der Waals surface area (Å²) in [6, 6.07) is 0. The van der Waals surface area contributed by atoms with Gasteiger partial charge in [-0.15, -0.1) is 0 Å². The van der Waals surface area contributed by atoms with Crippen LogP contribution in [0.25, 0.3) is 0 Å². The fraction of sp³-hybridized carbons (Fsp3) is 0.400. The molecule has 0 amide bonds. The minimum atomic E-state index is -0.591. The predicted octanol–water partition coefficient (Wildman–Crippen LogP) is 0.668. The molecule has 0 aliphatic heterocycles. The molecule has 70 valence electrons. The highest BCUT2D eigenvalue weighted by molar-refractivity contribution is 7.18. The first-order valence-corrected chi connectivity index (χ1v) is 4.10. The number of hydrogen-bond acceptors (Lipinski definition) is 6. The second-order valence-electron chi connectivity index (χ2n) is 2.33. The number of nitrogens with zero attached hydrogens (tertiary/aromatic N) is 5. The summed E-state index contributed by atoms with van der Waals surface area (Å²) in [7, 11) is 3.58. The van der Waals surface area contributed by atoms with E-state index in [0.717, 1.165) is 11.3 Å². The lowest BCUT2D eigenvalue weighted by atomic mass is 10.9. The van der Waals surface area contributed by atoms with Gasteiger partial charge >= 0.3 is 5.13 Å². The van der Waals surface area contributed by atoms with Crippen LogP contribution in [0.15, 0.2) is 4.99 Å². The molecule has 8 heteroatoms. The standard InChI is InChI=1S/C5H7N5O2S/c1-9(2)3-6-4-7-8-5(13-4)10(11)12/h3H,1-2H3/b6-3+. The van der Waals surface area contributed by atoms with Crippen LogP contribution in [-0.4, -0.2) is 40.5 Å². The SMILES string of the molecule is CN(C)/C=N/c1nnc([N+](=O)[O-])s1. The minimum absolute atomic E-state index is 0.245. The predicted molar refractivity (Wildman–Crippen MR) is 48.4 cm³/mol. The lowest BCUT2D eigenvalue weighted by molar-refractivity contribution is -0.385. The lowest BCUT2D eigenvalue weighted by Crippen LogP contribution is -2.06. The summed E-state index contributed by atoms with van der Waals surface area (Å²) in [4.78, 5) is 15.2. The first kappa shape index (κ1) is 9.52. The van der Waals surface area contributed by atoms with Gasteiger partial charge in [-0.1, -0.05) is 0 Å². The van der Waals surface area contributed by atoms with Gasteiger partial charge in [-0.25, -0.2) is 4.99 Å². The van der Waals surface area contributed by atoms with Crippen LogP contribution < -0.4 is 0 Å². The van der Waals surface area contributed by atoms with Crippen molar-refractivity contribution in [3.8, 4) is 0 Å². The van der Waals surface area contributed by atoms with Crippen molar-refractivity contribution in [3.63, 3.8) is 0 Å². The molecule has 1 rings (SSSR count). The molecule has 1 aromatic rings. The molecule has 0 aromatic carbocycles. The van der Waals surface area contributed by atoms with E-state index in [1.165, 1.54) is 6.34 Å². The van der Waals surface area contributed by atoms with Crippen molar-refractivity contribution in [1.82, 2.24) is 15.1 Å². The van der Waals surface area contributed by atoms with Crippen molar-refractivity contribution in [1.29, 1.82) is 0 Å². The van der Waals surface area contributed by atoms with Crippen molar-refractivity contribution < 1.29 is 4.92 Å². The summed E-state index contributed by atoms with van der Waals surface area (Å²) in [6.45, 7) is 0. The van der Waals surface area contributed by atoms with Crippen molar-refractivity contribution in [2.75, 3.05) is 14.1 Å². The van der Waals surface area contributed by atoms with Gasteiger partial charge in [0, 0.05) is 25.4 Å². The summed E-state index contributed by atoms with van der Waals surface area (Å²) in [5, 5.41) is 17.1. The van der Waals surface area contributed by atoms with E-state index < -0.39 is 4.92 Å². The highest BCUT2D eigenvalue weighted by Gasteiger charge is 2.13. The van der Waals surface area contributed by atoms with Crippen LogP contribution >= 0.6 is 11.3 Å². The van der Waals surface area contributed by atoms with Crippen molar-refractivity contribution in [3.05, 3.63) is 10.1 Å². The molecule has 0 saturated heterocycles. The molecule has 1 aromatic heterocycles. The van der Waals surface area contributed by atoms with Crippen molar-refractivity contribution in [2.45, 2.75) is 0 Å². The van der Waals surface area contributed by atoms with E-state index in [2.05, 4.69) is 15.2 Å². The zero-order chi connectivity index (χ0) is 9.84. The first-order valence-electron chi connectivity index (χ1n) is 3.28. The molecule has 0 spiro atoms. The van der Waals surface area contributed by atoms with Gasteiger partial charge in [-0.05, 0) is 10.0 Å². The highest BCUT2D eigenvalue weighted by Crippen LogP contribution is 2.23. The van der Waals surface area contributed by atoms with Gasteiger partial charge in [0.25, 0.3) is 5.13 Å². The maximum absolute atomic E-state index is 10.2. The third kappa shape index (κ3) is 2.75. The summed E-state index contributed by atoms with van der Waals surface area (Å²) in [6.07, 6.45) is 1.50. The second kappa shape index (κ2) is 3.90. The summed E-state index contributed by atoms with van der Waals surface area (Å²) >= 11 is 0.837. The van der Waals surface area contributed by atoms with Crippen LogP contribution in [0.3, 0.4) is 0 Å². The van der Waals surface area contributed by atoms with E-state index in [-0.39, 0.29) is 10.3 Å². The van der Waals surface area contributed by atoms with E-state index in [1.807, 2.05) is 0 Å². The monoisotopic (exact) mass is 201 g/mol. The maximum atomic E-state index is 10.2. The molecular formula is C5H7N5O2S. The molecule has 0 aliphatic carbocycles. The van der Waals surface area contributed by atoms with Gasteiger partial charge < -0.3 is 15.0 Å². The van der Waals surface area contributed by atoms with Crippen LogP contribution in [0.4, 0.5) is 10.3 Å². The van der Waals surface area contributed by atoms with E-state index in [0.29, 0.717) is 0 Å². The topological polar surface area (TPSA) is 84.5 Å². The average molecular weight is 201 g/mol. The third-order valence-corrected chi connectivity index (χ3v) is 1.74. The molecular weight excluding hydrogens is 194 g/mol. The molecule has 7 nitrogen and oxygen atoms in total. The summed E-state index contributed by atoms with van der Waals surface area (Å²) < 4.78 is 0. The Balaban J connectivity index is 2.75. The zero-order valence-corrected chi connectivity index (χ0v) is 7.85. The highest BCUT2D eigenvalue weighted by atomic mass is 32.1. The Kier molecular flexibility index (Phi) is 2.85. The van der Waals surface area contributed by atoms with Crippen LogP contribution in [-0.2, 0) is 0 Å². The van der Waals surface area contributed by atoms with E-state index in [9.17, 15) is 10.1 Å². The van der Waals surface area contributed by atoms with Gasteiger partial charge in [0.05, 0.1) is 11.4 Å². The Morgan fingerprint density at radius 3 is 2.77 bits per heavy atom. The van der Waals surface area contributed by atoms with Crippen LogP contribution in [0.5, 0.6) is 0 Å². The molecule has 0 fully saturated rings. The molecule has 0 atom stereocenters. The van der Waals surface area contributed by atoms with E-state index in [1.54, 1.807) is 19.0 Å². The Morgan fingerprint density at radius 1 is 1.62 bits per heavy atom. The molecule has 0 saturated carbocycles. The molecule has 0 aliphatic rings. The quantitative estimate of drug-likeness (QED) is 0.310. The first-order chi connectivity index (χ1) is 6.09. The molecule has 1 heterocycles. The number of aliphatic imine (C=N–C) groups is 1. The van der Waals surface area contributed by atoms with Gasteiger partial charge in [0.1, 0.15) is 0 Å². The van der Waals surface area contributed by atoms with Crippen LogP contribution in [0.2, 0.25) is 0 Å². The normalized spacial score (nSPS) is 10.6.